The zero-order chi connectivity index (χ0) is 15.0. The molecule has 0 saturated carbocycles. The summed E-state index contributed by atoms with van der Waals surface area (Å²) in [6.45, 7) is 0. The van der Waals surface area contributed by atoms with Gasteiger partial charge < -0.3 is 9.97 Å². The number of hydrogen-bond acceptors (Lipinski definition) is 3. The normalized spacial score (nSPS) is 12.7. The summed E-state index contributed by atoms with van der Waals surface area (Å²) in [5.74, 6) is -1.99. The molecule has 1 atom stereocenters. The van der Waals surface area contributed by atoms with E-state index in [9.17, 15) is 17.8 Å². The molecule has 0 aliphatic rings. The second kappa shape index (κ2) is 5.21. The number of benzene rings is 1. The van der Waals surface area contributed by atoms with Crippen LogP contribution in [0, 0.1) is 11.6 Å². The molecule has 0 spiro atoms. The number of hydrogen-bond donors (Lipinski definition) is 2. The third-order valence-corrected chi connectivity index (χ3v) is 4.11. The second-order valence-corrected chi connectivity index (χ2v) is 5.72. The number of nitrogens with one attached hydrogen (secondary N) is 2. The number of pyridine rings is 1. The van der Waals surface area contributed by atoms with Crippen LogP contribution in [0.25, 0.3) is 11.0 Å². The first-order valence-electron chi connectivity index (χ1n) is 5.94. The van der Waals surface area contributed by atoms with E-state index in [1.54, 1.807) is 6.07 Å². The van der Waals surface area contributed by atoms with E-state index in [1.165, 1.54) is 12.3 Å². The van der Waals surface area contributed by atoms with E-state index in [0.29, 0.717) is 11.1 Å². The fraction of sp³-hybridized carbons (Fsp3) is 0.0769. The molecule has 0 bridgehead atoms. The molecule has 0 saturated heterocycles. The van der Waals surface area contributed by atoms with Gasteiger partial charge in [0.2, 0.25) is 0 Å². The molecule has 0 amide bonds. The highest BCUT2D eigenvalue weighted by molar-refractivity contribution is 7.84. The van der Waals surface area contributed by atoms with Gasteiger partial charge >= 0.3 is 0 Å². The Morgan fingerprint density at radius 1 is 1.19 bits per heavy atom. The lowest BCUT2D eigenvalue weighted by Crippen LogP contribution is -2.04. The summed E-state index contributed by atoms with van der Waals surface area (Å²) in [4.78, 5) is 20.8. The quantitative estimate of drug-likeness (QED) is 0.775. The van der Waals surface area contributed by atoms with E-state index in [4.69, 9.17) is 0 Å². The van der Waals surface area contributed by atoms with Gasteiger partial charge in [-0.1, -0.05) is 6.07 Å². The smallest absolute Gasteiger partial charge is 0.276 e. The minimum absolute atomic E-state index is 0.0328. The molecule has 0 radical (unpaired) electrons. The van der Waals surface area contributed by atoms with Crippen LogP contribution in [0.4, 0.5) is 8.78 Å². The molecule has 2 heterocycles. The molecule has 3 rings (SSSR count). The number of aromatic amines is 2. The molecule has 2 aromatic heterocycles. The number of rotatable bonds is 3. The first kappa shape index (κ1) is 13.6. The van der Waals surface area contributed by atoms with Gasteiger partial charge in [0, 0.05) is 6.20 Å². The Labute approximate surface area is 119 Å². The van der Waals surface area contributed by atoms with Gasteiger partial charge in [-0.25, -0.2) is 13.8 Å². The largest absolute Gasteiger partial charge is 0.331 e. The van der Waals surface area contributed by atoms with Crippen LogP contribution < -0.4 is 5.56 Å². The minimum atomic E-state index is -1.60. The molecular weight excluding hydrogens is 300 g/mol. The first-order valence-corrected chi connectivity index (χ1v) is 7.26. The van der Waals surface area contributed by atoms with Gasteiger partial charge in [-0.05, 0) is 23.8 Å². The topological polar surface area (TPSA) is 78.6 Å². The van der Waals surface area contributed by atoms with Crippen molar-refractivity contribution in [2.75, 3.05) is 0 Å². The van der Waals surface area contributed by atoms with Crippen molar-refractivity contribution in [1.29, 1.82) is 0 Å². The Kier molecular flexibility index (Phi) is 3.38. The van der Waals surface area contributed by atoms with Crippen LogP contribution in [0.5, 0.6) is 0 Å². The zero-order valence-corrected chi connectivity index (χ0v) is 11.3. The Morgan fingerprint density at radius 3 is 2.71 bits per heavy atom. The molecule has 0 aliphatic carbocycles. The van der Waals surface area contributed by atoms with E-state index < -0.39 is 22.4 Å². The van der Waals surface area contributed by atoms with Crippen LogP contribution in [-0.2, 0) is 16.6 Å². The Bertz CT molecular complexity index is 904. The second-order valence-electron chi connectivity index (χ2n) is 4.35. The van der Waals surface area contributed by atoms with Crippen LogP contribution >= 0.6 is 0 Å². The number of fused-ring (bicyclic) bond motifs is 1. The predicted octanol–water partition coefficient (Wildman–Crippen LogP) is 1.84. The van der Waals surface area contributed by atoms with Crippen molar-refractivity contribution in [2.45, 2.75) is 10.9 Å². The zero-order valence-electron chi connectivity index (χ0n) is 10.5. The summed E-state index contributed by atoms with van der Waals surface area (Å²) in [5.41, 5.74) is 0.611. The SMILES string of the molecule is O=c1[nH]ccc2[nH]c(S(=O)Cc3ccc(F)c(F)c3)nc12. The summed E-state index contributed by atoms with van der Waals surface area (Å²) in [5, 5.41) is 0.117. The molecule has 8 heteroatoms. The number of aromatic nitrogens is 3. The fourth-order valence-electron chi connectivity index (χ4n) is 1.88. The van der Waals surface area contributed by atoms with Gasteiger partial charge in [-0.2, -0.15) is 0 Å². The van der Waals surface area contributed by atoms with Gasteiger partial charge in [0.25, 0.3) is 5.56 Å². The van der Waals surface area contributed by atoms with Crippen LogP contribution in [0.1, 0.15) is 5.56 Å². The first-order chi connectivity index (χ1) is 10.0. The molecule has 5 nitrogen and oxygen atoms in total. The van der Waals surface area contributed by atoms with Gasteiger partial charge in [-0.3, -0.25) is 9.00 Å². The highest BCUT2D eigenvalue weighted by Crippen LogP contribution is 2.15. The number of imidazole rings is 1. The van der Waals surface area contributed by atoms with E-state index in [2.05, 4.69) is 15.0 Å². The third-order valence-electron chi connectivity index (χ3n) is 2.89. The van der Waals surface area contributed by atoms with Crippen molar-refractivity contribution in [2.24, 2.45) is 0 Å². The van der Waals surface area contributed by atoms with Gasteiger partial charge in [0.05, 0.1) is 22.1 Å². The van der Waals surface area contributed by atoms with Crippen LogP contribution in [-0.4, -0.2) is 19.2 Å². The summed E-state index contributed by atoms with van der Waals surface area (Å²) < 4.78 is 38.1. The van der Waals surface area contributed by atoms with Crippen molar-refractivity contribution in [1.82, 2.24) is 15.0 Å². The highest BCUT2D eigenvalue weighted by atomic mass is 32.2. The van der Waals surface area contributed by atoms with Crippen LogP contribution in [0.15, 0.2) is 40.4 Å². The average molecular weight is 309 g/mol. The number of H-pyrrole nitrogens is 2. The molecule has 0 fully saturated rings. The van der Waals surface area contributed by atoms with Crippen molar-refractivity contribution >= 4 is 21.8 Å². The monoisotopic (exact) mass is 309 g/mol. The van der Waals surface area contributed by atoms with Crippen molar-refractivity contribution < 1.29 is 13.0 Å². The van der Waals surface area contributed by atoms with E-state index in [0.717, 1.165) is 12.1 Å². The van der Waals surface area contributed by atoms with Crippen LogP contribution in [0.3, 0.4) is 0 Å². The summed E-state index contributed by atoms with van der Waals surface area (Å²) in [6, 6.07) is 4.92. The van der Waals surface area contributed by atoms with Crippen molar-refractivity contribution in [3.05, 3.63) is 58.0 Å². The number of nitrogens with zero attached hydrogens (tertiary/aromatic N) is 1. The maximum Gasteiger partial charge on any atom is 0.276 e. The molecule has 1 aromatic carbocycles. The van der Waals surface area contributed by atoms with Crippen molar-refractivity contribution in [3.63, 3.8) is 0 Å². The molecular formula is C13H9F2N3O2S. The van der Waals surface area contributed by atoms with E-state index in [1.807, 2.05) is 0 Å². The Hall–Kier alpha value is -2.35. The van der Waals surface area contributed by atoms with Gasteiger partial charge in [0.1, 0.15) is 0 Å². The van der Waals surface area contributed by atoms with Gasteiger partial charge in [0.15, 0.2) is 22.3 Å². The molecule has 2 N–H and O–H groups in total. The van der Waals surface area contributed by atoms with Crippen LogP contribution in [0.2, 0.25) is 0 Å². The maximum atomic E-state index is 13.1. The lowest BCUT2D eigenvalue weighted by atomic mass is 10.2. The lowest BCUT2D eigenvalue weighted by Gasteiger charge is -2.00. The molecule has 0 aliphatic heterocycles. The van der Waals surface area contributed by atoms with Crippen molar-refractivity contribution in [3.8, 4) is 0 Å². The molecule has 108 valence electrons. The third kappa shape index (κ3) is 2.62. The number of halogens is 2. The van der Waals surface area contributed by atoms with E-state index in [-0.39, 0.29) is 22.0 Å². The summed E-state index contributed by atoms with van der Waals surface area (Å²) >= 11 is 0. The summed E-state index contributed by atoms with van der Waals surface area (Å²) in [7, 11) is -1.60. The lowest BCUT2D eigenvalue weighted by molar-refractivity contribution is 0.507. The Morgan fingerprint density at radius 2 is 2.00 bits per heavy atom. The maximum absolute atomic E-state index is 13.1. The van der Waals surface area contributed by atoms with E-state index >= 15 is 0 Å². The summed E-state index contributed by atoms with van der Waals surface area (Å²) in [6.07, 6.45) is 1.45. The average Bonchev–Trinajstić information content (AvgIpc) is 2.89. The standard InChI is InChI=1S/C13H9F2N3O2S/c14-8-2-1-7(5-9(8)15)6-21(20)13-17-10-3-4-16-12(19)11(10)18-13/h1-5H,6H2,(H,16,19)(H,17,18). The highest BCUT2D eigenvalue weighted by Gasteiger charge is 2.13. The Balaban J connectivity index is 1.91. The molecule has 1 unspecified atom stereocenters. The predicted molar refractivity (Wildman–Crippen MR) is 73.2 cm³/mol. The minimum Gasteiger partial charge on any atom is -0.331 e. The molecule has 3 aromatic rings. The van der Waals surface area contributed by atoms with Gasteiger partial charge in [-0.15, -0.1) is 0 Å². The molecule has 21 heavy (non-hydrogen) atoms. The fourth-order valence-corrected chi connectivity index (χ4v) is 2.92.